The number of aromatic nitrogens is 1. The smallest absolute Gasteiger partial charge is 0.0189 e. The Labute approximate surface area is 137 Å². The average Bonchev–Trinajstić information content (AvgIpc) is 2.54. The van der Waals surface area contributed by atoms with E-state index in [9.17, 15) is 0 Å². The fourth-order valence-corrected chi connectivity index (χ4v) is 2.59. The summed E-state index contributed by atoms with van der Waals surface area (Å²) in [5.74, 6) is 0. The van der Waals surface area contributed by atoms with E-state index in [4.69, 9.17) is 0 Å². The number of nitrogens with zero attached hydrogens (tertiary/aromatic N) is 1. The Kier molecular flexibility index (Phi) is 3.83. The molecule has 0 aliphatic heterocycles. The Morgan fingerprint density at radius 3 is 2.38 bits per heavy atom. The van der Waals surface area contributed by atoms with E-state index in [1.54, 1.807) is 0 Å². The Bertz CT molecular complexity index is 910. The maximum atomic E-state index is 4.55. The standard InChI is InChI=1S/C19H12N.Ir/c1-2-7-16-13-17(10-9-14(16)5-1)19-18-8-4-3-6-15(18)11-12-20-19;/h1-12H;/q-1;. The molecule has 21 heavy (non-hydrogen) atoms. The van der Waals surface area contributed by atoms with Crippen LogP contribution in [0.4, 0.5) is 0 Å². The summed E-state index contributed by atoms with van der Waals surface area (Å²) in [6.07, 6.45) is 1.86. The molecule has 103 valence electrons. The zero-order valence-electron chi connectivity index (χ0n) is 11.2. The van der Waals surface area contributed by atoms with E-state index in [0.29, 0.717) is 0 Å². The SMILES string of the molecule is [Ir].[c-]1c(-c2nccc3ccccc23)ccc2ccccc12. The van der Waals surface area contributed by atoms with Gasteiger partial charge in [0, 0.05) is 32.0 Å². The second kappa shape index (κ2) is 5.77. The predicted octanol–water partition coefficient (Wildman–Crippen LogP) is 4.85. The Hall–Kier alpha value is -2.02. The van der Waals surface area contributed by atoms with Gasteiger partial charge >= 0.3 is 0 Å². The molecule has 3 aromatic carbocycles. The molecule has 1 aromatic heterocycles. The van der Waals surface area contributed by atoms with Crippen LogP contribution in [0.3, 0.4) is 0 Å². The van der Waals surface area contributed by atoms with Gasteiger partial charge in [0.15, 0.2) is 0 Å². The van der Waals surface area contributed by atoms with Gasteiger partial charge in [-0.3, -0.25) is 4.98 Å². The maximum Gasteiger partial charge on any atom is 0.0189 e. The number of hydrogen-bond acceptors (Lipinski definition) is 1. The Morgan fingerprint density at radius 1 is 0.714 bits per heavy atom. The quantitative estimate of drug-likeness (QED) is 0.381. The van der Waals surface area contributed by atoms with Crippen molar-refractivity contribution in [1.82, 2.24) is 4.98 Å². The van der Waals surface area contributed by atoms with Crippen LogP contribution in [0, 0.1) is 6.07 Å². The zero-order valence-corrected chi connectivity index (χ0v) is 13.6. The van der Waals surface area contributed by atoms with Gasteiger partial charge in [-0.2, -0.15) is 0 Å². The van der Waals surface area contributed by atoms with Gasteiger partial charge < -0.3 is 0 Å². The van der Waals surface area contributed by atoms with Crippen LogP contribution >= 0.6 is 0 Å². The first-order chi connectivity index (χ1) is 9.92. The third-order valence-electron chi connectivity index (χ3n) is 3.59. The molecule has 0 spiro atoms. The van der Waals surface area contributed by atoms with Crippen LogP contribution in [0.25, 0.3) is 32.8 Å². The molecule has 4 aromatic rings. The first-order valence-corrected chi connectivity index (χ1v) is 6.67. The van der Waals surface area contributed by atoms with Crippen LogP contribution in [0.1, 0.15) is 0 Å². The largest absolute Gasteiger partial charge is 0.294 e. The molecular weight excluding hydrogens is 434 g/mol. The molecule has 1 heterocycles. The van der Waals surface area contributed by atoms with E-state index >= 15 is 0 Å². The fraction of sp³-hybridized carbons (Fsp3) is 0. The van der Waals surface area contributed by atoms with E-state index in [2.05, 4.69) is 59.6 Å². The van der Waals surface area contributed by atoms with Gasteiger partial charge in [0.2, 0.25) is 0 Å². The molecule has 0 saturated carbocycles. The zero-order chi connectivity index (χ0) is 13.4. The van der Waals surface area contributed by atoms with Gasteiger partial charge in [-0.25, -0.2) is 0 Å². The molecule has 0 amide bonds. The van der Waals surface area contributed by atoms with Crippen molar-refractivity contribution < 1.29 is 20.1 Å². The number of hydrogen-bond donors (Lipinski definition) is 0. The maximum absolute atomic E-state index is 4.55. The summed E-state index contributed by atoms with van der Waals surface area (Å²) in [6, 6.07) is 26.3. The molecule has 0 aliphatic rings. The minimum Gasteiger partial charge on any atom is -0.294 e. The van der Waals surface area contributed by atoms with Crippen molar-refractivity contribution >= 4 is 21.5 Å². The molecule has 4 rings (SSSR count). The van der Waals surface area contributed by atoms with Crippen molar-refractivity contribution in [2.75, 3.05) is 0 Å². The second-order valence-electron chi connectivity index (χ2n) is 4.84. The summed E-state index contributed by atoms with van der Waals surface area (Å²) in [5, 5.41) is 4.71. The molecule has 0 aliphatic carbocycles. The Morgan fingerprint density at radius 2 is 1.48 bits per heavy atom. The molecule has 0 unspecified atom stereocenters. The minimum absolute atomic E-state index is 0. The van der Waals surface area contributed by atoms with E-state index in [1.807, 2.05) is 24.4 Å². The summed E-state index contributed by atoms with van der Waals surface area (Å²) in [7, 11) is 0. The Balaban J connectivity index is 0.00000132. The van der Waals surface area contributed by atoms with Crippen molar-refractivity contribution in [2.45, 2.75) is 0 Å². The molecule has 1 nitrogen and oxygen atoms in total. The summed E-state index contributed by atoms with van der Waals surface area (Å²) in [4.78, 5) is 4.55. The van der Waals surface area contributed by atoms with Gasteiger partial charge in [0.05, 0.1) is 0 Å². The number of rotatable bonds is 1. The van der Waals surface area contributed by atoms with Gasteiger partial charge in [-0.15, -0.1) is 29.7 Å². The number of benzene rings is 3. The molecule has 1 radical (unpaired) electrons. The first kappa shape index (κ1) is 13.9. The average molecular weight is 447 g/mol. The molecular formula is C19H12IrN-. The van der Waals surface area contributed by atoms with Gasteiger partial charge in [-0.1, -0.05) is 53.4 Å². The molecule has 0 saturated heterocycles. The van der Waals surface area contributed by atoms with Gasteiger partial charge in [0.1, 0.15) is 0 Å². The summed E-state index contributed by atoms with van der Waals surface area (Å²) in [6.45, 7) is 0. The molecule has 0 atom stereocenters. The first-order valence-electron chi connectivity index (χ1n) is 6.67. The third-order valence-corrected chi connectivity index (χ3v) is 3.59. The summed E-state index contributed by atoms with van der Waals surface area (Å²) < 4.78 is 0. The van der Waals surface area contributed by atoms with Gasteiger partial charge in [-0.05, 0) is 16.8 Å². The van der Waals surface area contributed by atoms with Crippen molar-refractivity contribution in [3.8, 4) is 11.3 Å². The normalized spacial score (nSPS) is 10.5. The van der Waals surface area contributed by atoms with Crippen LogP contribution in [-0.2, 0) is 20.1 Å². The summed E-state index contributed by atoms with van der Waals surface area (Å²) in [5.41, 5.74) is 2.04. The predicted molar refractivity (Wildman–Crippen MR) is 83.5 cm³/mol. The van der Waals surface area contributed by atoms with E-state index < -0.39 is 0 Å². The third kappa shape index (κ3) is 2.49. The van der Waals surface area contributed by atoms with Crippen molar-refractivity contribution in [1.29, 1.82) is 0 Å². The molecule has 0 N–H and O–H groups in total. The van der Waals surface area contributed by atoms with Crippen LogP contribution in [0.15, 0.2) is 72.9 Å². The monoisotopic (exact) mass is 447 g/mol. The van der Waals surface area contributed by atoms with Crippen LogP contribution in [-0.4, -0.2) is 4.98 Å². The second-order valence-corrected chi connectivity index (χ2v) is 4.84. The summed E-state index contributed by atoms with van der Waals surface area (Å²) >= 11 is 0. The molecule has 0 fully saturated rings. The fourth-order valence-electron chi connectivity index (χ4n) is 2.59. The van der Waals surface area contributed by atoms with E-state index in [0.717, 1.165) is 16.6 Å². The van der Waals surface area contributed by atoms with Crippen molar-refractivity contribution in [3.63, 3.8) is 0 Å². The van der Waals surface area contributed by atoms with E-state index in [-0.39, 0.29) is 20.1 Å². The van der Waals surface area contributed by atoms with Crippen LogP contribution < -0.4 is 0 Å². The van der Waals surface area contributed by atoms with Gasteiger partial charge in [0.25, 0.3) is 0 Å². The van der Waals surface area contributed by atoms with Crippen LogP contribution in [0.2, 0.25) is 0 Å². The van der Waals surface area contributed by atoms with Crippen molar-refractivity contribution in [2.24, 2.45) is 0 Å². The van der Waals surface area contributed by atoms with Crippen molar-refractivity contribution in [3.05, 3.63) is 79.0 Å². The minimum atomic E-state index is 0. The number of pyridine rings is 1. The topological polar surface area (TPSA) is 12.9 Å². The number of fused-ring (bicyclic) bond motifs is 2. The van der Waals surface area contributed by atoms with Crippen LogP contribution in [0.5, 0.6) is 0 Å². The molecule has 0 bridgehead atoms. The van der Waals surface area contributed by atoms with E-state index in [1.165, 1.54) is 16.2 Å². The molecule has 2 heteroatoms.